The molecule has 0 spiro atoms. The molecule has 2 heterocycles. The first-order valence-electron chi connectivity index (χ1n) is 5.68. The van der Waals surface area contributed by atoms with Gasteiger partial charge in [0.25, 0.3) is 0 Å². The van der Waals surface area contributed by atoms with Gasteiger partial charge in [-0.1, -0.05) is 23.2 Å². The standard InChI is InChI=1S/C12H11Cl2NO3/c13-8-1-2-9(16)10(11(8)14)6-3-7-5-18-12(17)15(7)4-6/h1-2,6-7,16H,3-5H2/t6-,7-/m0/s1. The number of cyclic esters (lactones) is 1. The lowest BCUT2D eigenvalue weighted by Crippen LogP contribution is -2.27. The summed E-state index contributed by atoms with van der Waals surface area (Å²) in [7, 11) is 0. The molecule has 0 saturated carbocycles. The maximum atomic E-state index is 11.5. The van der Waals surface area contributed by atoms with Crippen molar-refractivity contribution in [1.29, 1.82) is 0 Å². The van der Waals surface area contributed by atoms with Gasteiger partial charge in [-0.05, 0) is 18.6 Å². The van der Waals surface area contributed by atoms with Gasteiger partial charge in [-0.25, -0.2) is 4.79 Å². The number of fused-ring (bicyclic) bond motifs is 1. The molecule has 1 aromatic rings. The van der Waals surface area contributed by atoms with Crippen LogP contribution in [0.5, 0.6) is 5.75 Å². The number of carbonyl (C=O) groups excluding carboxylic acids is 1. The van der Waals surface area contributed by atoms with E-state index in [2.05, 4.69) is 0 Å². The molecule has 1 aromatic carbocycles. The van der Waals surface area contributed by atoms with E-state index in [0.717, 1.165) is 6.42 Å². The average Bonchev–Trinajstić information content (AvgIpc) is 2.88. The summed E-state index contributed by atoms with van der Waals surface area (Å²) in [5.74, 6) is 0.137. The molecular weight excluding hydrogens is 277 g/mol. The molecule has 0 aromatic heterocycles. The quantitative estimate of drug-likeness (QED) is 0.864. The number of benzene rings is 1. The second kappa shape index (κ2) is 4.21. The normalized spacial score (nSPS) is 26.3. The van der Waals surface area contributed by atoms with Gasteiger partial charge in [-0.15, -0.1) is 0 Å². The minimum absolute atomic E-state index is 0.00838. The van der Waals surface area contributed by atoms with Crippen molar-refractivity contribution in [3.63, 3.8) is 0 Å². The minimum Gasteiger partial charge on any atom is -0.508 e. The maximum Gasteiger partial charge on any atom is 0.410 e. The summed E-state index contributed by atoms with van der Waals surface area (Å²) in [5, 5.41) is 10.7. The van der Waals surface area contributed by atoms with Crippen LogP contribution in [0.15, 0.2) is 12.1 Å². The first-order valence-corrected chi connectivity index (χ1v) is 6.43. The third kappa shape index (κ3) is 1.71. The first kappa shape index (κ1) is 11.9. The molecule has 6 heteroatoms. The van der Waals surface area contributed by atoms with E-state index in [4.69, 9.17) is 27.9 Å². The average molecular weight is 288 g/mol. The van der Waals surface area contributed by atoms with Crippen molar-refractivity contribution in [3.8, 4) is 5.75 Å². The third-order valence-corrected chi connectivity index (χ3v) is 4.38. The van der Waals surface area contributed by atoms with Crippen molar-refractivity contribution in [1.82, 2.24) is 4.90 Å². The lowest BCUT2D eigenvalue weighted by atomic mass is 9.95. The van der Waals surface area contributed by atoms with Gasteiger partial charge in [0.2, 0.25) is 0 Å². The fraction of sp³-hybridized carbons (Fsp3) is 0.417. The van der Waals surface area contributed by atoms with Gasteiger partial charge < -0.3 is 14.7 Å². The number of rotatable bonds is 1. The van der Waals surface area contributed by atoms with E-state index in [0.29, 0.717) is 28.8 Å². The van der Waals surface area contributed by atoms with E-state index < -0.39 is 0 Å². The van der Waals surface area contributed by atoms with Gasteiger partial charge in [0.05, 0.1) is 16.1 Å². The van der Waals surface area contributed by atoms with Gasteiger partial charge in [0.15, 0.2) is 0 Å². The largest absolute Gasteiger partial charge is 0.508 e. The molecule has 1 N–H and O–H groups in total. The molecule has 2 atom stereocenters. The Hall–Kier alpha value is -1.13. The van der Waals surface area contributed by atoms with Gasteiger partial charge in [-0.3, -0.25) is 0 Å². The highest BCUT2D eigenvalue weighted by molar-refractivity contribution is 6.42. The lowest BCUT2D eigenvalue weighted by Gasteiger charge is -2.15. The van der Waals surface area contributed by atoms with Crippen molar-refractivity contribution < 1.29 is 14.6 Å². The van der Waals surface area contributed by atoms with E-state index in [1.54, 1.807) is 11.0 Å². The van der Waals surface area contributed by atoms with E-state index in [-0.39, 0.29) is 23.8 Å². The number of ether oxygens (including phenoxy) is 1. The lowest BCUT2D eigenvalue weighted by molar-refractivity contribution is 0.158. The molecule has 2 fully saturated rings. The van der Waals surface area contributed by atoms with Crippen LogP contribution in [0, 0.1) is 0 Å². The summed E-state index contributed by atoms with van der Waals surface area (Å²) in [6, 6.07) is 3.18. The monoisotopic (exact) mass is 287 g/mol. The van der Waals surface area contributed by atoms with Crippen molar-refractivity contribution in [2.45, 2.75) is 18.4 Å². The minimum atomic E-state index is -0.292. The van der Waals surface area contributed by atoms with Crippen LogP contribution in [0.1, 0.15) is 17.9 Å². The Morgan fingerprint density at radius 1 is 1.39 bits per heavy atom. The number of nitrogens with zero attached hydrogens (tertiary/aromatic N) is 1. The van der Waals surface area contributed by atoms with Crippen LogP contribution in [-0.2, 0) is 4.74 Å². The Balaban J connectivity index is 1.94. The van der Waals surface area contributed by atoms with Gasteiger partial charge in [0.1, 0.15) is 12.4 Å². The van der Waals surface area contributed by atoms with Crippen LogP contribution >= 0.6 is 23.2 Å². The first-order chi connectivity index (χ1) is 8.58. The zero-order chi connectivity index (χ0) is 12.9. The fourth-order valence-electron chi connectivity index (χ4n) is 2.70. The molecule has 0 bridgehead atoms. The zero-order valence-electron chi connectivity index (χ0n) is 9.40. The number of carbonyl (C=O) groups is 1. The molecule has 0 unspecified atom stereocenters. The van der Waals surface area contributed by atoms with E-state index >= 15 is 0 Å². The summed E-state index contributed by atoms with van der Waals surface area (Å²) in [4.78, 5) is 13.1. The number of aromatic hydroxyl groups is 1. The van der Waals surface area contributed by atoms with E-state index in [9.17, 15) is 9.90 Å². The van der Waals surface area contributed by atoms with Crippen LogP contribution < -0.4 is 0 Å². The predicted octanol–water partition coefficient (Wildman–Crippen LogP) is 3.01. The number of halogens is 2. The molecule has 2 aliphatic rings. The van der Waals surface area contributed by atoms with Crippen molar-refractivity contribution in [2.75, 3.05) is 13.2 Å². The summed E-state index contributed by atoms with van der Waals surface area (Å²) >= 11 is 12.1. The molecule has 2 aliphatic heterocycles. The van der Waals surface area contributed by atoms with Crippen LogP contribution in [0.3, 0.4) is 0 Å². The number of phenols is 1. The van der Waals surface area contributed by atoms with Gasteiger partial charge >= 0.3 is 6.09 Å². The van der Waals surface area contributed by atoms with Crippen LogP contribution in [0.25, 0.3) is 0 Å². The molecule has 96 valence electrons. The van der Waals surface area contributed by atoms with E-state index in [1.165, 1.54) is 6.07 Å². The fourth-order valence-corrected chi connectivity index (χ4v) is 3.18. The predicted molar refractivity (Wildman–Crippen MR) is 67.3 cm³/mol. The van der Waals surface area contributed by atoms with Crippen LogP contribution in [-0.4, -0.2) is 35.3 Å². The van der Waals surface area contributed by atoms with Crippen LogP contribution in [0.2, 0.25) is 10.0 Å². The molecule has 2 saturated heterocycles. The molecule has 0 aliphatic carbocycles. The SMILES string of the molecule is O=C1OC[C@@H]2C[C@H](c3c(O)ccc(Cl)c3Cl)CN12. The second-order valence-electron chi connectivity index (χ2n) is 4.61. The number of amides is 1. The second-order valence-corrected chi connectivity index (χ2v) is 5.40. The molecule has 18 heavy (non-hydrogen) atoms. The van der Waals surface area contributed by atoms with Gasteiger partial charge in [-0.2, -0.15) is 0 Å². The molecule has 1 amide bonds. The highest BCUT2D eigenvalue weighted by Crippen LogP contribution is 2.43. The highest BCUT2D eigenvalue weighted by atomic mass is 35.5. The molecule has 0 radical (unpaired) electrons. The summed E-state index contributed by atoms with van der Waals surface area (Å²) < 4.78 is 4.95. The molecule has 4 nitrogen and oxygen atoms in total. The third-order valence-electron chi connectivity index (χ3n) is 3.57. The number of phenolic OH excluding ortho intramolecular Hbond substituents is 1. The summed E-state index contributed by atoms with van der Waals surface area (Å²) in [6.45, 7) is 0.922. The smallest absolute Gasteiger partial charge is 0.410 e. The highest BCUT2D eigenvalue weighted by Gasteiger charge is 2.43. The van der Waals surface area contributed by atoms with Crippen molar-refractivity contribution in [3.05, 3.63) is 27.7 Å². The van der Waals surface area contributed by atoms with Gasteiger partial charge in [0, 0.05) is 18.0 Å². The summed E-state index contributed by atoms with van der Waals surface area (Å²) in [5.41, 5.74) is 0.631. The molecular formula is C12H11Cl2NO3. The van der Waals surface area contributed by atoms with Crippen molar-refractivity contribution >= 4 is 29.3 Å². The Morgan fingerprint density at radius 2 is 2.17 bits per heavy atom. The Morgan fingerprint density at radius 3 is 2.89 bits per heavy atom. The number of hydrogen-bond acceptors (Lipinski definition) is 3. The summed E-state index contributed by atoms with van der Waals surface area (Å²) in [6.07, 6.45) is 0.444. The zero-order valence-corrected chi connectivity index (χ0v) is 10.9. The number of hydrogen-bond donors (Lipinski definition) is 1. The maximum absolute atomic E-state index is 11.5. The van der Waals surface area contributed by atoms with E-state index in [1.807, 2.05) is 0 Å². The topological polar surface area (TPSA) is 49.8 Å². The van der Waals surface area contributed by atoms with Crippen LogP contribution in [0.4, 0.5) is 4.79 Å². The Bertz CT molecular complexity index is 520. The Labute approximate surface area is 114 Å². The molecule has 3 rings (SSSR count). The van der Waals surface area contributed by atoms with Crippen molar-refractivity contribution in [2.24, 2.45) is 0 Å². The Kier molecular flexibility index (Phi) is 2.79.